The molecule has 2 rings (SSSR count). The van der Waals surface area contributed by atoms with Gasteiger partial charge >= 0.3 is 0 Å². The van der Waals surface area contributed by atoms with Crippen LogP contribution in [0.1, 0.15) is 22.8 Å². The number of benzene rings is 2. The molecular weight excluding hydrogens is 318 g/mol. The highest BCUT2D eigenvalue weighted by Crippen LogP contribution is 2.15. The van der Waals surface area contributed by atoms with Crippen molar-refractivity contribution in [3.63, 3.8) is 0 Å². The Morgan fingerprint density at radius 3 is 2.24 bits per heavy atom. The van der Waals surface area contributed by atoms with Gasteiger partial charge in [-0.3, -0.25) is 14.5 Å². The molecule has 6 heteroatoms. The highest BCUT2D eigenvalue weighted by Gasteiger charge is 2.18. The number of ether oxygens (including phenoxy) is 1. The Kier molecular flexibility index (Phi) is 6.14. The van der Waals surface area contributed by atoms with Gasteiger partial charge in [-0.1, -0.05) is 12.1 Å². The quantitative estimate of drug-likeness (QED) is 0.809. The first-order valence-corrected chi connectivity index (χ1v) is 7.94. The third kappa shape index (κ3) is 5.06. The fourth-order valence-electron chi connectivity index (χ4n) is 2.32. The van der Waals surface area contributed by atoms with E-state index in [-0.39, 0.29) is 11.9 Å². The zero-order valence-electron chi connectivity index (χ0n) is 14.7. The number of amides is 2. The lowest BCUT2D eigenvalue weighted by molar-refractivity contribution is -0.120. The Morgan fingerprint density at radius 1 is 1.12 bits per heavy atom. The number of hydrogen-bond acceptors (Lipinski definition) is 4. The second kappa shape index (κ2) is 8.30. The predicted molar refractivity (Wildman–Crippen MR) is 97.5 cm³/mol. The molecule has 0 heterocycles. The summed E-state index contributed by atoms with van der Waals surface area (Å²) in [4.78, 5) is 25.4. The molecule has 0 bridgehead atoms. The Labute approximate surface area is 147 Å². The first-order valence-electron chi connectivity index (χ1n) is 7.94. The molecule has 0 unspecified atom stereocenters. The molecule has 0 aliphatic heterocycles. The predicted octanol–water partition coefficient (Wildman–Crippen LogP) is 2.25. The molecule has 0 aliphatic rings. The van der Waals surface area contributed by atoms with Crippen LogP contribution < -0.4 is 15.8 Å². The van der Waals surface area contributed by atoms with Crippen molar-refractivity contribution in [1.82, 2.24) is 4.90 Å². The van der Waals surface area contributed by atoms with E-state index in [9.17, 15) is 9.59 Å². The molecule has 6 nitrogen and oxygen atoms in total. The summed E-state index contributed by atoms with van der Waals surface area (Å²) in [5.41, 5.74) is 7.33. The highest BCUT2D eigenvalue weighted by molar-refractivity contribution is 5.96. The van der Waals surface area contributed by atoms with Crippen LogP contribution in [0.4, 0.5) is 5.69 Å². The number of methoxy groups -OCH3 is 1. The summed E-state index contributed by atoms with van der Waals surface area (Å²) in [6, 6.07) is 13.9. The third-order valence-corrected chi connectivity index (χ3v) is 4.07. The lowest BCUT2D eigenvalue weighted by Crippen LogP contribution is -2.39. The minimum Gasteiger partial charge on any atom is -0.497 e. The summed E-state index contributed by atoms with van der Waals surface area (Å²) in [5, 5.41) is 2.84. The maximum atomic E-state index is 12.4. The molecule has 2 aromatic carbocycles. The third-order valence-electron chi connectivity index (χ3n) is 4.07. The van der Waals surface area contributed by atoms with Crippen LogP contribution in [0.15, 0.2) is 48.5 Å². The van der Waals surface area contributed by atoms with Crippen LogP contribution in [0.3, 0.4) is 0 Å². The average Bonchev–Trinajstić information content (AvgIpc) is 2.62. The Balaban J connectivity index is 1.94. The van der Waals surface area contributed by atoms with Crippen molar-refractivity contribution in [3.8, 4) is 5.75 Å². The fourth-order valence-corrected chi connectivity index (χ4v) is 2.32. The second-order valence-corrected chi connectivity index (χ2v) is 5.87. The molecule has 25 heavy (non-hydrogen) atoms. The summed E-state index contributed by atoms with van der Waals surface area (Å²) in [5.74, 6) is 0.185. The van der Waals surface area contributed by atoms with E-state index in [0.717, 1.165) is 11.3 Å². The van der Waals surface area contributed by atoms with Crippen LogP contribution in [0.2, 0.25) is 0 Å². The van der Waals surface area contributed by atoms with E-state index in [4.69, 9.17) is 10.5 Å². The number of anilines is 1. The smallest absolute Gasteiger partial charge is 0.248 e. The van der Waals surface area contributed by atoms with Crippen LogP contribution >= 0.6 is 0 Å². The van der Waals surface area contributed by atoms with E-state index in [0.29, 0.717) is 17.8 Å². The fraction of sp³-hybridized carbons (Fsp3) is 0.263. The van der Waals surface area contributed by atoms with E-state index >= 15 is 0 Å². The van der Waals surface area contributed by atoms with Crippen LogP contribution in [-0.4, -0.2) is 36.9 Å². The number of rotatable bonds is 7. The second-order valence-electron chi connectivity index (χ2n) is 5.87. The van der Waals surface area contributed by atoms with Gasteiger partial charge in [-0.05, 0) is 55.9 Å². The van der Waals surface area contributed by atoms with Gasteiger partial charge in [-0.15, -0.1) is 0 Å². The van der Waals surface area contributed by atoms with Gasteiger partial charge in [0.05, 0.1) is 13.2 Å². The molecule has 0 aromatic heterocycles. The molecule has 1 atom stereocenters. The SMILES string of the molecule is COc1ccc(CN(C)[C@H](C)C(=O)Nc2ccc(C(N)=O)cc2)cc1. The number of primary amides is 1. The minimum atomic E-state index is -0.495. The minimum absolute atomic E-state index is 0.122. The van der Waals surface area contributed by atoms with E-state index in [1.54, 1.807) is 31.4 Å². The molecule has 0 radical (unpaired) electrons. The largest absolute Gasteiger partial charge is 0.497 e. The van der Waals surface area contributed by atoms with E-state index in [1.165, 1.54) is 0 Å². The van der Waals surface area contributed by atoms with Crippen LogP contribution in [0, 0.1) is 0 Å². The van der Waals surface area contributed by atoms with Crippen molar-refractivity contribution in [2.45, 2.75) is 19.5 Å². The van der Waals surface area contributed by atoms with Gasteiger partial charge in [0, 0.05) is 17.8 Å². The Morgan fingerprint density at radius 2 is 1.72 bits per heavy atom. The summed E-state index contributed by atoms with van der Waals surface area (Å²) in [6.07, 6.45) is 0. The van der Waals surface area contributed by atoms with Crippen molar-refractivity contribution in [3.05, 3.63) is 59.7 Å². The van der Waals surface area contributed by atoms with Crippen LogP contribution in [0.25, 0.3) is 0 Å². The van der Waals surface area contributed by atoms with Gasteiger partial charge in [0.25, 0.3) is 0 Å². The summed E-state index contributed by atoms with van der Waals surface area (Å²) in [6.45, 7) is 2.48. The Bertz CT molecular complexity index is 727. The molecular formula is C19H23N3O3. The summed E-state index contributed by atoms with van der Waals surface area (Å²) < 4.78 is 5.14. The molecule has 0 fully saturated rings. The summed E-state index contributed by atoms with van der Waals surface area (Å²) >= 11 is 0. The van der Waals surface area contributed by atoms with E-state index < -0.39 is 5.91 Å². The van der Waals surface area contributed by atoms with Crippen molar-refractivity contribution in [2.24, 2.45) is 5.73 Å². The maximum Gasteiger partial charge on any atom is 0.248 e. The monoisotopic (exact) mass is 341 g/mol. The first kappa shape index (κ1) is 18.5. The van der Waals surface area contributed by atoms with Gasteiger partial charge in [-0.25, -0.2) is 0 Å². The lowest BCUT2D eigenvalue weighted by atomic mass is 10.1. The molecule has 2 amide bonds. The Hall–Kier alpha value is -2.86. The molecule has 0 aliphatic carbocycles. The maximum absolute atomic E-state index is 12.4. The molecule has 132 valence electrons. The van der Waals surface area contributed by atoms with E-state index in [2.05, 4.69) is 5.32 Å². The number of carbonyl (C=O) groups is 2. The lowest BCUT2D eigenvalue weighted by Gasteiger charge is -2.24. The number of nitrogens with one attached hydrogen (secondary N) is 1. The van der Waals surface area contributed by atoms with Gasteiger partial charge in [0.1, 0.15) is 5.75 Å². The van der Waals surface area contributed by atoms with Crippen molar-refractivity contribution >= 4 is 17.5 Å². The number of nitrogens with two attached hydrogens (primary N) is 1. The van der Waals surface area contributed by atoms with Crippen molar-refractivity contribution in [2.75, 3.05) is 19.5 Å². The van der Waals surface area contributed by atoms with Gasteiger partial charge in [-0.2, -0.15) is 0 Å². The van der Waals surface area contributed by atoms with Gasteiger partial charge < -0.3 is 15.8 Å². The van der Waals surface area contributed by atoms with Crippen LogP contribution in [-0.2, 0) is 11.3 Å². The molecule has 0 saturated carbocycles. The van der Waals surface area contributed by atoms with Gasteiger partial charge in [0.2, 0.25) is 11.8 Å². The van der Waals surface area contributed by atoms with Crippen molar-refractivity contribution < 1.29 is 14.3 Å². The number of hydrogen-bond donors (Lipinski definition) is 2. The average molecular weight is 341 g/mol. The molecule has 0 saturated heterocycles. The molecule has 2 aromatic rings. The topological polar surface area (TPSA) is 84.7 Å². The van der Waals surface area contributed by atoms with Crippen molar-refractivity contribution in [1.29, 1.82) is 0 Å². The highest BCUT2D eigenvalue weighted by atomic mass is 16.5. The summed E-state index contributed by atoms with van der Waals surface area (Å²) in [7, 11) is 3.52. The zero-order chi connectivity index (χ0) is 18.4. The van der Waals surface area contributed by atoms with Crippen LogP contribution in [0.5, 0.6) is 5.75 Å². The number of likely N-dealkylation sites (N-methyl/N-ethyl adjacent to an activating group) is 1. The number of carbonyl (C=O) groups excluding carboxylic acids is 2. The number of nitrogens with zero attached hydrogens (tertiary/aromatic N) is 1. The normalized spacial score (nSPS) is 11.8. The zero-order valence-corrected chi connectivity index (χ0v) is 14.7. The van der Waals surface area contributed by atoms with Gasteiger partial charge in [0.15, 0.2) is 0 Å². The molecule has 0 spiro atoms. The standard InChI is InChI=1S/C19H23N3O3/c1-13(22(2)12-14-4-10-17(25-3)11-5-14)19(24)21-16-8-6-15(7-9-16)18(20)23/h4-11,13H,12H2,1-3H3,(H2,20,23)(H,21,24)/t13-/m1/s1. The molecule has 3 N–H and O–H groups in total. The first-order chi connectivity index (χ1) is 11.9. The van der Waals surface area contributed by atoms with E-state index in [1.807, 2.05) is 43.1 Å².